The van der Waals surface area contributed by atoms with Crippen molar-refractivity contribution in [2.24, 2.45) is 5.73 Å². The highest BCUT2D eigenvalue weighted by molar-refractivity contribution is 7.13. The van der Waals surface area contributed by atoms with Gasteiger partial charge in [-0.25, -0.2) is 9.48 Å². The molecule has 0 fully saturated rings. The van der Waals surface area contributed by atoms with Crippen molar-refractivity contribution < 1.29 is 19.1 Å². The Hall–Kier alpha value is -4.24. The van der Waals surface area contributed by atoms with Crippen LogP contribution < -0.4 is 11.1 Å². The molecule has 2 aromatic carbocycles. The highest BCUT2D eigenvalue weighted by Crippen LogP contribution is 2.26. The smallest absolute Gasteiger partial charge is 0.357 e. The molecule has 0 saturated carbocycles. The molecule has 2 aromatic heterocycles. The summed E-state index contributed by atoms with van der Waals surface area (Å²) in [6.45, 7) is -0.541. The summed E-state index contributed by atoms with van der Waals surface area (Å²) >= 11 is 1.50. The molecular formula is C23H18N4O4S. The normalized spacial score (nSPS) is 10.5. The topological polar surface area (TPSA) is 116 Å². The highest BCUT2D eigenvalue weighted by Gasteiger charge is 2.20. The zero-order valence-electron chi connectivity index (χ0n) is 16.7. The van der Waals surface area contributed by atoms with Gasteiger partial charge >= 0.3 is 5.97 Å². The molecule has 2 heterocycles. The molecule has 3 N–H and O–H groups in total. The number of aromatic nitrogens is 2. The number of ether oxygens (including phenoxy) is 1. The number of carbonyl (C=O) groups excluding carboxylic acids is 3. The Morgan fingerprint density at radius 2 is 1.75 bits per heavy atom. The fraction of sp³-hybridized carbons (Fsp3) is 0.0435. The molecule has 0 aliphatic rings. The number of anilines is 1. The lowest BCUT2D eigenvalue weighted by atomic mass is 10.1. The number of para-hydroxylation sites is 2. The molecule has 160 valence electrons. The average Bonchev–Trinajstić information content (AvgIpc) is 3.48. The first-order valence-electron chi connectivity index (χ1n) is 9.58. The first-order valence-corrected chi connectivity index (χ1v) is 10.5. The Bertz CT molecular complexity index is 1270. The van der Waals surface area contributed by atoms with Crippen molar-refractivity contribution in [3.05, 3.63) is 89.4 Å². The van der Waals surface area contributed by atoms with E-state index in [4.69, 9.17) is 10.5 Å². The SMILES string of the molecule is NC(=O)c1ccccc1NC(=O)COC(=O)c1cc(-c2cccs2)nn1-c1ccccc1. The van der Waals surface area contributed by atoms with Crippen molar-refractivity contribution in [1.82, 2.24) is 9.78 Å². The van der Waals surface area contributed by atoms with Crippen molar-refractivity contribution in [2.45, 2.75) is 0 Å². The number of benzene rings is 2. The van der Waals surface area contributed by atoms with E-state index in [0.717, 1.165) is 4.88 Å². The third-order valence-corrected chi connectivity index (χ3v) is 5.39. The number of primary amides is 1. The second kappa shape index (κ2) is 9.27. The number of esters is 1. The molecule has 8 nitrogen and oxygen atoms in total. The number of nitrogens with one attached hydrogen (secondary N) is 1. The monoisotopic (exact) mass is 446 g/mol. The molecule has 2 amide bonds. The maximum Gasteiger partial charge on any atom is 0.357 e. The van der Waals surface area contributed by atoms with Crippen molar-refractivity contribution in [1.29, 1.82) is 0 Å². The lowest BCUT2D eigenvalue weighted by molar-refractivity contribution is -0.119. The van der Waals surface area contributed by atoms with Gasteiger partial charge in [0.1, 0.15) is 5.69 Å². The van der Waals surface area contributed by atoms with Gasteiger partial charge in [-0.3, -0.25) is 9.59 Å². The Kier molecular flexibility index (Phi) is 6.09. The van der Waals surface area contributed by atoms with Gasteiger partial charge in [-0.1, -0.05) is 36.4 Å². The Morgan fingerprint density at radius 1 is 1.00 bits per heavy atom. The molecule has 0 atom stereocenters. The zero-order valence-corrected chi connectivity index (χ0v) is 17.5. The standard InChI is InChI=1S/C23H18N4O4S/c24-22(29)16-9-4-5-10-17(16)25-21(28)14-31-23(30)19-13-18(20-11-6-12-32-20)26-27(19)15-7-2-1-3-8-15/h1-13H,14H2,(H2,24,29)(H,25,28). The minimum absolute atomic E-state index is 0.162. The van der Waals surface area contributed by atoms with Crippen molar-refractivity contribution in [3.8, 4) is 16.3 Å². The van der Waals surface area contributed by atoms with Crippen LogP contribution in [0.2, 0.25) is 0 Å². The predicted octanol–water partition coefficient (Wildman–Crippen LogP) is 3.50. The van der Waals surface area contributed by atoms with Crippen LogP contribution >= 0.6 is 11.3 Å². The first kappa shape index (κ1) is 21.0. The summed E-state index contributed by atoms with van der Waals surface area (Å²) in [4.78, 5) is 37.5. The van der Waals surface area contributed by atoms with E-state index >= 15 is 0 Å². The summed E-state index contributed by atoms with van der Waals surface area (Å²) in [5.74, 6) is -1.98. The summed E-state index contributed by atoms with van der Waals surface area (Å²) in [6.07, 6.45) is 0. The number of hydrogen-bond donors (Lipinski definition) is 2. The van der Waals surface area contributed by atoms with Crippen LogP contribution in [-0.4, -0.2) is 34.2 Å². The van der Waals surface area contributed by atoms with Gasteiger partial charge in [0.15, 0.2) is 12.3 Å². The van der Waals surface area contributed by atoms with Gasteiger partial charge in [0.2, 0.25) is 0 Å². The molecule has 0 aliphatic carbocycles. The summed E-state index contributed by atoms with van der Waals surface area (Å²) in [7, 11) is 0. The number of rotatable bonds is 7. The fourth-order valence-electron chi connectivity index (χ4n) is 3.04. The van der Waals surface area contributed by atoms with Gasteiger partial charge < -0.3 is 15.8 Å². The molecule has 0 saturated heterocycles. The molecule has 0 unspecified atom stereocenters. The van der Waals surface area contributed by atoms with E-state index in [-0.39, 0.29) is 16.9 Å². The number of amides is 2. The number of thiophene rings is 1. The fourth-order valence-corrected chi connectivity index (χ4v) is 3.72. The lowest BCUT2D eigenvalue weighted by Gasteiger charge is -2.10. The largest absolute Gasteiger partial charge is 0.451 e. The number of carbonyl (C=O) groups is 3. The average molecular weight is 446 g/mol. The van der Waals surface area contributed by atoms with Gasteiger partial charge in [-0.2, -0.15) is 5.10 Å². The van der Waals surface area contributed by atoms with E-state index < -0.39 is 24.4 Å². The van der Waals surface area contributed by atoms with Crippen LogP contribution in [0.25, 0.3) is 16.3 Å². The highest BCUT2D eigenvalue weighted by atomic mass is 32.1. The summed E-state index contributed by atoms with van der Waals surface area (Å²) < 4.78 is 6.71. The maximum absolute atomic E-state index is 12.8. The van der Waals surface area contributed by atoms with Crippen LogP contribution in [0.5, 0.6) is 0 Å². The molecule has 0 bridgehead atoms. The summed E-state index contributed by atoms with van der Waals surface area (Å²) in [5, 5.41) is 9.00. The Morgan fingerprint density at radius 3 is 2.47 bits per heavy atom. The molecule has 32 heavy (non-hydrogen) atoms. The minimum Gasteiger partial charge on any atom is -0.451 e. The van der Waals surface area contributed by atoms with Gasteiger partial charge in [-0.15, -0.1) is 11.3 Å². The van der Waals surface area contributed by atoms with E-state index in [1.807, 2.05) is 47.8 Å². The van der Waals surface area contributed by atoms with Gasteiger partial charge in [-0.05, 0) is 35.7 Å². The van der Waals surface area contributed by atoms with E-state index in [9.17, 15) is 14.4 Å². The summed E-state index contributed by atoms with van der Waals surface area (Å²) in [6, 6.07) is 20.9. The van der Waals surface area contributed by atoms with Crippen LogP contribution in [0.15, 0.2) is 78.2 Å². The minimum atomic E-state index is -0.706. The lowest BCUT2D eigenvalue weighted by Crippen LogP contribution is -2.24. The van der Waals surface area contributed by atoms with Gasteiger partial charge in [0.05, 0.1) is 21.8 Å². The van der Waals surface area contributed by atoms with Crippen molar-refractivity contribution >= 4 is 34.8 Å². The summed E-state index contributed by atoms with van der Waals surface area (Å²) in [5.41, 5.74) is 7.21. The van der Waals surface area contributed by atoms with E-state index in [2.05, 4.69) is 10.4 Å². The van der Waals surface area contributed by atoms with E-state index in [1.165, 1.54) is 28.2 Å². The Labute approximate surface area is 187 Å². The molecule has 0 radical (unpaired) electrons. The van der Waals surface area contributed by atoms with Gasteiger partial charge in [0, 0.05) is 6.07 Å². The third kappa shape index (κ3) is 4.57. The molecule has 4 aromatic rings. The number of hydrogen-bond acceptors (Lipinski definition) is 6. The van der Waals surface area contributed by atoms with Crippen molar-refractivity contribution in [2.75, 3.05) is 11.9 Å². The third-order valence-electron chi connectivity index (χ3n) is 4.49. The second-order valence-corrected chi connectivity index (χ2v) is 7.62. The quantitative estimate of drug-likeness (QED) is 0.422. The Balaban J connectivity index is 1.52. The molecule has 9 heteroatoms. The number of nitrogens with zero attached hydrogens (tertiary/aromatic N) is 2. The van der Waals surface area contributed by atoms with Crippen LogP contribution in [0.4, 0.5) is 5.69 Å². The second-order valence-electron chi connectivity index (χ2n) is 6.67. The first-order chi connectivity index (χ1) is 15.5. The van der Waals surface area contributed by atoms with Crippen LogP contribution in [0.1, 0.15) is 20.8 Å². The molecule has 0 spiro atoms. The van der Waals surface area contributed by atoms with Crippen LogP contribution in [-0.2, 0) is 9.53 Å². The van der Waals surface area contributed by atoms with Crippen LogP contribution in [0.3, 0.4) is 0 Å². The molecular weight excluding hydrogens is 428 g/mol. The van der Waals surface area contributed by atoms with E-state index in [1.54, 1.807) is 18.2 Å². The van der Waals surface area contributed by atoms with Crippen LogP contribution in [0, 0.1) is 0 Å². The molecule has 0 aliphatic heterocycles. The molecule has 4 rings (SSSR count). The van der Waals surface area contributed by atoms with Crippen molar-refractivity contribution in [3.63, 3.8) is 0 Å². The van der Waals surface area contributed by atoms with E-state index in [0.29, 0.717) is 11.4 Å². The zero-order chi connectivity index (χ0) is 22.5. The van der Waals surface area contributed by atoms with Gasteiger partial charge in [0.25, 0.3) is 11.8 Å². The predicted molar refractivity (Wildman–Crippen MR) is 121 cm³/mol. The maximum atomic E-state index is 12.8. The number of nitrogens with two attached hydrogens (primary N) is 1.